The third-order valence-corrected chi connectivity index (χ3v) is 8.70. The fourth-order valence-corrected chi connectivity index (χ4v) is 7.58. The molecule has 0 saturated heterocycles. The fourth-order valence-electron chi connectivity index (χ4n) is 7.58. The number of fused-ring (bicyclic) bond motifs is 5. The van der Waals surface area contributed by atoms with Crippen molar-refractivity contribution in [2.45, 2.75) is 84.6 Å². The van der Waals surface area contributed by atoms with E-state index in [2.05, 4.69) is 0 Å². The van der Waals surface area contributed by atoms with Crippen molar-refractivity contribution in [2.75, 3.05) is 0 Å². The van der Waals surface area contributed by atoms with Gasteiger partial charge < -0.3 is 9.84 Å². The highest BCUT2D eigenvalue weighted by molar-refractivity contribution is 5.97. The number of alkyl halides is 1. The summed E-state index contributed by atoms with van der Waals surface area (Å²) in [6, 6.07) is 0. The molecule has 3 fully saturated rings. The Bertz CT molecular complexity index is 764. The lowest BCUT2D eigenvalue weighted by molar-refractivity contribution is -0.174. The maximum absolute atomic E-state index is 15.3. The van der Waals surface area contributed by atoms with Gasteiger partial charge in [0.15, 0.2) is 11.6 Å². The van der Waals surface area contributed by atoms with E-state index in [1.54, 1.807) is 13.8 Å². The van der Waals surface area contributed by atoms with Crippen LogP contribution in [-0.2, 0) is 14.3 Å². The molecule has 3 saturated carbocycles. The average Bonchev–Trinajstić information content (AvgIpc) is 2.95. The highest BCUT2D eigenvalue weighted by Crippen LogP contribution is 2.67. The van der Waals surface area contributed by atoms with Crippen molar-refractivity contribution in [3.05, 3.63) is 11.4 Å². The number of ether oxygens (including phenoxy) is 1. The van der Waals surface area contributed by atoms with Gasteiger partial charge in [-0.25, -0.2) is 8.78 Å². The van der Waals surface area contributed by atoms with Crippen LogP contribution in [0, 0.1) is 34.5 Å². The van der Waals surface area contributed by atoms with Gasteiger partial charge in [-0.1, -0.05) is 27.7 Å². The number of ketones is 1. The molecule has 0 spiro atoms. The highest BCUT2D eigenvalue weighted by atomic mass is 19.1. The molecule has 9 atom stereocenters. The minimum Gasteiger partial charge on any atom is -0.462 e. The van der Waals surface area contributed by atoms with Gasteiger partial charge in [0.25, 0.3) is 0 Å². The van der Waals surface area contributed by atoms with Crippen LogP contribution in [0.15, 0.2) is 11.4 Å². The van der Waals surface area contributed by atoms with Crippen molar-refractivity contribution in [2.24, 2.45) is 34.5 Å². The predicted octanol–water partition coefficient (Wildman–Crippen LogP) is 4.30. The maximum atomic E-state index is 15.3. The first-order valence-corrected chi connectivity index (χ1v) is 11.0. The zero-order valence-electron chi connectivity index (χ0n) is 17.7. The van der Waals surface area contributed by atoms with Crippen LogP contribution in [0.25, 0.3) is 0 Å². The molecule has 162 valence electrons. The summed E-state index contributed by atoms with van der Waals surface area (Å²) in [5, 5.41) is 11.3. The van der Waals surface area contributed by atoms with Gasteiger partial charge in [-0.2, -0.15) is 0 Å². The molecule has 4 aliphatic carbocycles. The second kappa shape index (κ2) is 6.86. The van der Waals surface area contributed by atoms with E-state index in [0.29, 0.717) is 25.7 Å². The second-order valence-electron chi connectivity index (χ2n) is 10.3. The molecule has 4 nitrogen and oxygen atoms in total. The lowest BCUT2D eigenvalue weighted by Gasteiger charge is -2.60. The summed E-state index contributed by atoms with van der Waals surface area (Å²) in [5.74, 6) is -2.59. The average molecular weight is 411 g/mol. The number of carbonyl (C=O) groups excluding carboxylic acids is 2. The minimum absolute atomic E-state index is 0.0172. The number of hydrogen-bond acceptors (Lipinski definition) is 4. The molecule has 0 heterocycles. The van der Waals surface area contributed by atoms with Crippen molar-refractivity contribution < 1.29 is 28.2 Å². The van der Waals surface area contributed by atoms with Crippen molar-refractivity contribution >= 4 is 11.8 Å². The Labute approximate surface area is 171 Å². The van der Waals surface area contributed by atoms with E-state index >= 15 is 4.39 Å². The Hall–Kier alpha value is -1.30. The van der Waals surface area contributed by atoms with Crippen molar-refractivity contribution in [1.82, 2.24) is 0 Å². The Morgan fingerprint density at radius 2 is 1.97 bits per heavy atom. The highest BCUT2D eigenvalue weighted by Gasteiger charge is 2.65. The van der Waals surface area contributed by atoms with E-state index in [-0.39, 0.29) is 41.8 Å². The van der Waals surface area contributed by atoms with Gasteiger partial charge in [0, 0.05) is 28.7 Å². The Kier molecular flexibility index (Phi) is 4.96. The Balaban J connectivity index is 1.73. The van der Waals surface area contributed by atoms with Crippen LogP contribution in [0.5, 0.6) is 0 Å². The van der Waals surface area contributed by atoms with E-state index in [0.717, 1.165) is 6.42 Å². The molecule has 29 heavy (non-hydrogen) atoms. The van der Waals surface area contributed by atoms with Crippen LogP contribution in [0.4, 0.5) is 8.78 Å². The van der Waals surface area contributed by atoms with E-state index in [4.69, 9.17) is 4.74 Å². The lowest BCUT2D eigenvalue weighted by atomic mass is 9.45. The fraction of sp³-hybridized carbons (Fsp3) is 0.826. The summed E-state index contributed by atoms with van der Waals surface area (Å²) in [7, 11) is 0. The molecule has 1 unspecified atom stereocenters. The topological polar surface area (TPSA) is 63.6 Å². The van der Waals surface area contributed by atoms with Crippen molar-refractivity contribution in [3.8, 4) is 0 Å². The number of carbonyl (C=O) groups is 2. The predicted molar refractivity (Wildman–Crippen MR) is 103 cm³/mol. The van der Waals surface area contributed by atoms with Gasteiger partial charge in [0.05, 0.1) is 6.10 Å². The lowest BCUT2D eigenvalue weighted by Crippen LogP contribution is -2.60. The number of Topliss-reactive ketones (excluding diaryl/α,β-unsaturated/α-hetero) is 1. The number of allylic oxidation sites excluding steroid dienone is 1. The number of aliphatic hydroxyl groups is 1. The van der Waals surface area contributed by atoms with Gasteiger partial charge >= 0.3 is 5.97 Å². The second-order valence-corrected chi connectivity index (χ2v) is 10.3. The smallest absolute Gasteiger partial charge is 0.305 e. The summed E-state index contributed by atoms with van der Waals surface area (Å²) in [6.45, 7) is 7.33. The molecule has 6 heteroatoms. The van der Waals surface area contributed by atoms with Crippen LogP contribution in [-0.4, -0.2) is 35.2 Å². The van der Waals surface area contributed by atoms with Gasteiger partial charge in [-0.3, -0.25) is 9.59 Å². The van der Waals surface area contributed by atoms with Crippen molar-refractivity contribution in [3.63, 3.8) is 0 Å². The zero-order valence-corrected chi connectivity index (χ0v) is 17.7. The quantitative estimate of drug-likeness (QED) is 0.690. The normalized spacial score (nSPS) is 49.3. The zero-order chi connectivity index (χ0) is 21.3. The summed E-state index contributed by atoms with van der Waals surface area (Å²) in [5.41, 5.74) is -1.28. The first-order valence-electron chi connectivity index (χ1n) is 11.0. The monoisotopic (exact) mass is 410 g/mol. The number of aliphatic hydroxyl groups excluding tert-OH is 1. The van der Waals surface area contributed by atoms with E-state index in [1.165, 1.54) is 0 Å². The van der Waals surface area contributed by atoms with E-state index in [1.807, 2.05) is 13.8 Å². The summed E-state index contributed by atoms with van der Waals surface area (Å²) < 4.78 is 35.9. The minimum atomic E-state index is -1.51. The number of esters is 1. The summed E-state index contributed by atoms with van der Waals surface area (Å²) >= 11 is 0. The number of halogens is 2. The molecular weight excluding hydrogens is 378 g/mol. The van der Waals surface area contributed by atoms with Crippen LogP contribution in [0.2, 0.25) is 0 Å². The third kappa shape index (κ3) is 2.84. The van der Waals surface area contributed by atoms with Gasteiger partial charge in [0.2, 0.25) is 0 Å². The van der Waals surface area contributed by atoms with Crippen molar-refractivity contribution in [1.29, 1.82) is 0 Å². The molecule has 0 aromatic heterocycles. The van der Waals surface area contributed by atoms with Gasteiger partial charge in [-0.15, -0.1) is 0 Å². The summed E-state index contributed by atoms with van der Waals surface area (Å²) in [4.78, 5) is 24.1. The molecule has 4 aliphatic rings. The molecule has 4 rings (SSSR count). The molecule has 0 aromatic rings. The molecule has 0 aliphatic heterocycles. The van der Waals surface area contributed by atoms with Crippen LogP contribution in [0.1, 0.15) is 66.2 Å². The molecular formula is C23H32F2O4. The number of rotatable bonds is 2. The van der Waals surface area contributed by atoms with Crippen LogP contribution >= 0.6 is 0 Å². The first kappa shape index (κ1) is 21.0. The Morgan fingerprint density at radius 3 is 2.62 bits per heavy atom. The largest absolute Gasteiger partial charge is 0.462 e. The molecule has 0 bridgehead atoms. The Morgan fingerprint density at radius 1 is 1.28 bits per heavy atom. The third-order valence-electron chi connectivity index (χ3n) is 8.70. The molecule has 0 radical (unpaired) electrons. The summed E-state index contributed by atoms with van der Waals surface area (Å²) in [6.07, 6.45) is 0.226. The maximum Gasteiger partial charge on any atom is 0.305 e. The van der Waals surface area contributed by atoms with E-state index < -0.39 is 40.6 Å². The van der Waals surface area contributed by atoms with E-state index in [9.17, 15) is 19.1 Å². The molecule has 0 aromatic carbocycles. The number of hydrogen-bond donors (Lipinski definition) is 1. The van der Waals surface area contributed by atoms with Crippen LogP contribution < -0.4 is 0 Å². The van der Waals surface area contributed by atoms with Gasteiger partial charge in [-0.05, 0) is 49.9 Å². The van der Waals surface area contributed by atoms with Crippen LogP contribution in [0.3, 0.4) is 0 Å². The standard InChI is InChI=1S/C23H32F2O4/c1-5-17(27)29-16-7-6-13-12-8-14(24)19-20(25)21(28)11(2)9-23(19,4)18(12)15(26)10-22(13,16)3/h11-16,18,26H,5-10H2,1-4H3/t11?,12-,13-,14-,15-,16+,18+,22-,23+/m0/s1. The molecule has 0 amide bonds. The first-order chi connectivity index (χ1) is 13.5. The SMILES string of the molecule is CCC(=O)O[C@@H]1CC[C@H]2[C@@H]3C[C@H](F)C4=C(F)C(=O)C(C)C[C@]4(C)[C@H]3[C@@H](O)C[C@]12C. The molecule has 1 N–H and O–H groups in total. The van der Waals surface area contributed by atoms with Gasteiger partial charge in [0.1, 0.15) is 12.3 Å².